The molecule has 6 nitrogen and oxygen atoms in total. The molecule has 1 aromatic carbocycles. The number of benzene rings is 1. The summed E-state index contributed by atoms with van der Waals surface area (Å²) in [6.07, 6.45) is -2.61. The fourth-order valence-corrected chi connectivity index (χ4v) is 1.53. The molecule has 0 saturated heterocycles. The van der Waals surface area contributed by atoms with Gasteiger partial charge in [-0.15, -0.1) is 0 Å². The number of nitrogens with one attached hydrogen (secondary N) is 1. The molecule has 1 rings (SSSR count). The van der Waals surface area contributed by atoms with Gasteiger partial charge in [0.05, 0.1) is 17.1 Å². The number of nitro benzene ring substituents is 1. The quantitative estimate of drug-likeness (QED) is 0.475. The van der Waals surface area contributed by atoms with E-state index in [1.54, 1.807) is 0 Å². The molecule has 0 radical (unpaired) electrons. The van der Waals surface area contributed by atoms with Gasteiger partial charge in [-0.25, -0.2) is 13.2 Å². The molecule has 0 spiro atoms. The Morgan fingerprint density at radius 2 is 2.14 bits per heavy atom. The molecule has 0 unspecified atom stereocenters. The van der Waals surface area contributed by atoms with Crippen molar-refractivity contribution in [2.24, 2.45) is 0 Å². The van der Waals surface area contributed by atoms with Gasteiger partial charge in [-0.05, 0) is 12.5 Å². The second kappa shape index (κ2) is 7.58. The van der Waals surface area contributed by atoms with E-state index in [4.69, 9.17) is 0 Å². The van der Waals surface area contributed by atoms with Crippen molar-refractivity contribution in [2.75, 3.05) is 19.8 Å². The van der Waals surface area contributed by atoms with Crippen molar-refractivity contribution in [1.29, 1.82) is 0 Å². The van der Waals surface area contributed by atoms with Crippen molar-refractivity contribution in [1.82, 2.24) is 5.32 Å². The molecule has 0 bridgehead atoms. The monoisotopic (exact) mass is 306 g/mol. The zero-order chi connectivity index (χ0) is 16.0. The molecule has 0 atom stereocenters. The van der Waals surface area contributed by atoms with Crippen molar-refractivity contribution < 1.29 is 27.6 Å². The molecule has 0 fully saturated rings. The maximum absolute atomic E-state index is 13.8. The van der Waals surface area contributed by atoms with Gasteiger partial charge < -0.3 is 10.1 Å². The Morgan fingerprint density at radius 3 is 2.71 bits per heavy atom. The zero-order valence-corrected chi connectivity index (χ0v) is 11.1. The van der Waals surface area contributed by atoms with Crippen LogP contribution in [0.1, 0.15) is 15.9 Å². The minimum Gasteiger partial charge on any atom is -0.374 e. The highest BCUT2D eigenvalue weighted by Crippen LogP contribution is 2.20. The van der Waals surface area contributed by atoms with Crippen LogP contribution >= 0.6 is 0 Å². The highest BCUT2D eigenvalue weighted by atomic mass is 19.3. The van der Waals surface area contributed by atoms with Crippen LogP contribution in [0, 0.1) is 22.9 Å². The van der Waals surface area contributed by atoms with Crippen LogP contribution in [-0.4, -0.2) is 37.0 Å². The van der Waals surface area contributed by atoms with Crippen LogP contribution in [0.2, 0.25) is 0 Å². The normalized spacial score (nSPS) is 10.7. The standard InChI is InChI=1S/C12H13F3N2O4/c1-7-4-8(17(19)20)5-9(11(7)15)12(18)16-2-3-21-6-10(13)14/h4-5,10H,2-3,6H2,1H3,(H,16,18). The summed E-state index contributed by atoms with van der Waals surface area (Å²) in [6.45, 7) is 0.239. The Kier molecular flexibility index (Phi) is 6.10. The number of amides is 1. The van der Waals surface area contributed by atoms with E-state index in [0.717, 1.165) is 12.1 Å². The summed E-state index contributed by atoms with van der Waals surface area (Å²) in [4.78, 5) is 21.6. The van der Waals surface area contributed by atoms with Gasteiger partial charge in [0.2, 0.25) is 0 Å². The highest BCUT2D eigenvalue weighted by Gasteiger charge is 2.19. The van der Waals surface area contributed by atoms with E-state index in [2.05, 4.69) is 10.1 Å². The van der Waals surface area contributed by atoms with E-state index in [1.165, 1.54) is 6.92 Å². The first-order valence-electron chi connectivity index (χ1n) is 5.91. The Balaban J connectivity index is 2.67. The fraction of sp³-hybridized carbons (Fsp3) is 0.417. The number of nitro groups is 1. The van der Waals surface area contributed by atoms with Gasteiger partial charge in [-0.2, -0.15) is 0 Å². The van der Waals surface area contributed by atoms with Gasteiger partial charge in [0.1, 0.15) is 12.4 Å². The fourth-order valence-electron chi connectivity index (χ4n) is 1.53. The molecule has 0 saturated carbocycles. The summed E-state index contributed by atoms with van der Waals surface area (Å²) in [6, 6.07) is 1.83. The number of non-ortho nitro benzene ring substituents is 1. The van der Waals surface area contributed by atoms with Crippen LogP contribution in [0.4, 0.5) is 18.9 Å². The second-order valence-corrected chi connectivity index (χ2v) is 4.10. The molecule has 9 heteroatoms. The highest BCUT2D eigenvalue weighted by molar-refractivity contribution is 5.95. The van der Waals surface area contributed by atoms with Crippen LogP contribution in [0.25, 0.3) is 0 Å². The minimum absolute atomic E-state index is 0.0386. The van der Waals surface area contributed by atoms with Gasteiger partial charge in [0, 0.05) is 18.7 Å². The summed E-state index contributed by atoms with van der Waals surface area (Å²) in [5.74, 6) is -1.74. The second-order valence-electron chi connectivity index (χ2n) is 4.10. The number of carbonyl (C=O) groups is 1. The average Bonchev–Trinajstić information content (AvgIpc) is 2.40. The van der Waals surface area contributed by atoms with E-state index in [0.29, 0.717) is 0 Å². The summed E-state index contributed by atoms with van der Waals surface area (Å²) in [5, 5.41) is 12.9. The Labute approximate surface area is 118 Å². The Hall–Kier alpha value is -2.16. The molecule has 1 aromatic rings. The first-order chi connectivity index (χ1) is 9.82. The predicted octanol–water partition coefficient (Wildman–Crippen LogP) is 2.05. The SMILES string of the molecule is Cc1cc([N+](=O)[O-])cc(C(=O)NCCOCC(F)F)c1F. The van der Waals surface area contributed by atoms with Gasteiger partial charge in [-0.3, -0.25) is 14.9 Å². The smallest absolute Gasteiger partial charge is 0.270 e. The lowest BCUT2D eigenvalue weighted by Gasteiger charge is -2.08. The first kappa shape index (κ1) is 16.9. The summed E-state index contributed by atoms with van der Waals surface area (Å²) in [7, 11) is 0. The number of aryl methyl sites for hydroxylation is 1. The minimum atomic E-state index is -2.61. The lowest BCUT2D eigenvalue weighted by atomic mass is 10.1. The topological polar surface area (TPSA) is 81.5 Å². The van der Waals surface area contributed by atoms with Crippen LogP contribution in [0.15, 0.2) is 12.1 Å². The third-order valence-electron chi connectivity index (χ3n) is 2.47. The Morgan fingerprint density at radius 1 is 1.48 bits per heavy atom. The van der Waals surface area contributed by atoms with Crippen molar-refractivity contribution in [3.8, 4) is 0 Å². The van der Waals surface area contributed by atoms with Gasteiger partial charge in [0.15, 0.2) is 0 Å². The van der Waals surface area contributed by atoms with Gasteiger partial charge >= 0.3 is 0 Å². The number of ether oxygens (including phenoxy) is 1. The molecular weight excluding hydrogens is 293 g/mol. The van der Waals surface area contributed by atoms with Crippen molar-refractivity contribution >= 4 is 11.6 Å². The maximum Gasteiger partial charge on any atom is 0.270 e. The molecule has 0 aliphatic rings. The molecule has 0 aliphatic heterocycles. The number of hydrogen-bond donors (Lipinski definition) is 1. The Bertz CT molecular complexity index is 537. The predicted molar refractivity (Wildman–Crippen MR) is 66.9 cm³/mol. The third kappa shape index (κ3) is 5.03. The van der Waals surface area contributed by atoms with Crippen LogP contribution in [0.5, 0.6) is 0 Å². The largest absolute Gasteiger partial charge is 0.374 e. The number of carbonyl (C=O) groups excluding carboxylic acids is 1. The molecule has 0 aromatic heterocycles. The molecule has 1 amide bonds. The van der Waals surface area contributed by atoms with Crippen LogP contribution in [0.3, 0.4) is 0 Å². The third-order valence-corrected chi connectivity index (χ3v) is 2.47. The van der Waals surface area contributed by atoms with E-state index in [-0.39, 0.29) is 18.7 Å². The number of nitrogens with zero attached hydrogens (tertiary/aromatic N) is 1. The van der Waals surface area contributed by atoms with Gasteiger partial charge in [-0.1, -0.05) is 0 Å². The first-order valence-corrected chi connectivity index (χ1v) is 5.91. The lowest BCUT2D eigenvalue weighted by Crippen LogP contribution is -2.28. The van der Waals surface area contributed by atoms with Crippen LogP contribution < -0.4 is 5.32 Å². The number of hydrogen-bond acceptors (Lipinski definition) is 4. The maximum atomic E-state index is 13.8. The molecular formula is C12H13F3N2O4. The van der Waals surface area contributed by atoms with E-state index in [1.807, 2.05) is 0 Å². The average molecular weight is 306 g/mol. The molecule has 116 valence electrons. The van der Waals surface area contributed by atoms with Crippen LogP contribution in [-0.2, 0) is 4.74 Å². The number of rotatable bonds is 7. The summed E-state index contributed by atoms with van der Waals surface area (Å²) < 4.78 is 41.8. The van der Waals surface area contributed by atoms with E-state index < -0.39 is 40.9 Å². The zero-order valence-electron chi connectivity index (χ0n) is 11.1. The van der Waals surface area contributed by atoms with Crippen molar-refractivity contribution in [2.45, 2.75) is 13.3 Å². The lowest BCUT2D eigenvalue weighted by molar-refractivity contribution is -0.385. The van der Waals surface area contributed by atoms with Crippen molar-refractivity contribution in [3.63, 3.8) is 0 Å². The summed E-state index contributed by atoms with van der Waals surface area (Å²) >= 11 is 0. The molecule has 1 N–H and O–H groups in total. The molecule has 0 heterocycles. The summed E-state index contributed by atoms with van der Waals surface area (Å²) in [5.41, 5.74) is -0.924. The van der Waals surface area contributed by atoms with Gasteiger partial charge in [0.25, 0.3) is 18.0 Å². The number of halogens is 3. The van der Waals surface area contributed by atoms with Crippen molar-refractivity contribution in [3.05, 3.63) is 39.2 Å². The van der Waals surface area contributed by atoms with E-state index >= 15 is 0 Å². The molecule has 0 aliphatic carbocycles. The van der Waals surface area contributed by atoms with E-state index in [9.17, 15) is 28.1 Å². The molecule has 21 heavy (non-hydrogen) atoms. The number of alkyl halides is 2.